The van der Waals surface area contributed by atoms with E-state index in [-0.39, 0.29) is 12.2 Å². The van der Waals surface area contributed by atoms with Crippen molar-refractivity contribution < 1.29 is 29.1 Å². The number of nitrogens with zero attached hydrogens (tertiary/aromatic N) is 3. The van der Waals surface area contributed by atoms with Crippen LogP contribution in [-0.2, 0) is 24.0 Å². The Labute approximate surface area is 436 Å². The molecule has 8 rings (SSSR count). The van der Waals surface area contributed by atoms with Crippen LogP contribution in [0, 0.1) is 37.3 Å². The van der Waals surface area contributed by atoms with Gasteiger partial charge in [0.2, 0.25) is 0 Å². The summed E-state index contributed by atoms with van der Waals surface area (Å²) in [6.45, 7) is 6.62. The van der Waals surface area contributed by atoms with Crippen LogP contribution in [0.25, 0.3) is 50.1 Å². The van der Waals surface area contributed by atoms with E-state index in [1.165, 1.54) is 93.4 Å². The number of nitro benzene ring substituents is 3. The molecule has 0 saturated heterocycles. The predicted molar refractivity (Wildman–Crippen MR) is 291 cm³/mol. The fourth-order valence-corrected chi connectivity index (χ4v) is 15.6. The maximum Gasteiger partial charge on any atom is 0.338 e. The van der Waals surface area contributed by atoms with Gasteiger partial charge in [-0.2, -0.15) is 0 Å². The second-order valence-corrected chi connectivity index (χ2v) is 24.0. The quantitative estimate of drug-likeness (QED) is 0.0208. The number of carbonyl (C=O) groups is 2. The van der Waals surface area contributed by atoms with Gasteiger partial charge in [0, 0.05) is 56.7 Å². The summed E-state index contributed by atoms with van der Waals surface area (Å²) in [6.07, 6.45) is 13.1. The molecule has 0 aliphatic heterocycles. The van der Waals surface area contributed by atoms with Gasteiger partial charge in [0.25, 0.3) is 17.1 Å². The van der Waals surface area contributed by atoms with Gasteiger partial charge in [-0.05, 0) is 117 Å². The van der Waals surface area contributed by atoms with E-state index in [4.69, 9.17) is 4.74 Å². The molecule has 2 aromatic carbocycles. The van der Waals surface area contributed by atoms with Crippen molar-refractivity contribution in [1.29, 1.82) is 0 Å². The second kappa shape index (κ2) is 22.6. The largest absolute Gasteiger partial charge is 0.462 e. The van der Waals surface area contributed by atoms with Gasteiger partial charge in [0.15, 0.2) is 5.78 Å². The zero-order valence-corrected chi connectivity index (χ0v) is 44.5. The first-order chi connectivity index (χ1) is 33.7. The Hall–Kier alpha value is -5.02. The third-order valence-corrected chi connectivity index (χ3v) is 19.5. The van der Waals surface area contributed by atoms with Gasteiger partial charge >= 0.3 is 5.97 Å². The minimum atomic E-state index is -0.974. The van der Waals surface area contributed by atoms with Crippen molar-refractivity contribution in [3.8, 4) is 50.1 Å². The Morgan fingerprint density at radius 3 is 1.67 bits per heavy atom. The van der Waals surface area contributed by atoms with Gasteiger partial charge in [-0.15, -0.1) is 81.9 Å². The van der Waals surface area contributed by atoms with Crippen LogP contribution in [0.1, 0.15) is 127 Å². The van der Waals surface area contributed by atoms with Crippen molar-refractivity contribution in [2.24, 2.45) is 0 Å². The van der Waals surface area contributed by atoms with Gasteiger partial charge in [-0.3, -0.25) is 35.1 Å². The molecule has 0 fully saturated rings. The minimum absolute atomic E-state index is 0.0398. The van der Waals surface area contributed by atoms with Crippen molar-refractivity contribution in [3.63, 3.8) is 0 Å². The fraction of sp³-hybridized carbons (Fsp3) is 0.333. The topological polar surface area (TPSA) is 173 Å². The summed E-state index contributed by atoms with van der Waals surface area (Å²) in [5, 5.41) is 36.0. The maximum atomic E-state index is 13.8. The number of non-ortho nitro benzene ring substituents is 1. The molecule has 0 unspecified atom stereocenters. The molecule has 1 aliphatic carbocycles. The van der Waals surface area contributed by atoms with Crippen LogP contribution in [0.4, 0.5) is 17.1 Å². The number of benzene rings is 2. The summed E-state index contributed by atoms with van der Waals surface area (Å²) in [5.41, 5.74) is 0.790. The normalized spacial score (nSPS) is 11.9. The number of fused-ring (bicyclic) bond motifs is 3. The van der Waals surface area contributed by atoms with E-state index in [9.17, 15) is 39.9 Å². The molecule has 0 amide bonds. The van der Waals surface area contributed by atoms with Crippen LogP contribution >= 0.6 is 81.9 Å². The van der Waals surface area contributed by atoms with Crippen molar-refractivity contribution in [3.05, 3.63) is 130 Å². The zero-order chi connectivity index (χ0) is 49.8. The summed E-state index contributed by atoms with van der Waals surface area (Å²) in [5.74, 6) is -1.91. The Kier molecular flexibility index (Phi) is 16.6. The molecule has 0 saturated carbocycles. The molecular formula is C51H49N3O9S7. The summed E-state index contributed by atoms with van der Waals surface area (Å²) in [7, 11) is 0. The first-order valence-electron chi connectivity index (χ1n) is 23.2. The highest BCUT2D eigenvalue weighted by Crippen LogP contribution is 2.53. The zero-order valence-electron chi connectivity index (χ0n) is 38.6. The number of hydrogen-bond acceptors (Lipinski definition) is 16. The number of rotatable bonds is 23. The Morgan fingerprint density at radius 2 is 1.14 bits per heavy atom. The number of thiophene rings is 5. The molecule has 0 N–H and O–H groups in total. The minimum Gasteiger partial charge on any atom is -0.462 e. The highest BCUT2D eigenvalue weighted by Gasteiger charge is 2.43. The first kappa shape index (κ1) is 51.3. The lowest BCUT2D eigenvalue weighted by Gasteiger charge is -2.10. The molecule has 1 aliphatic rings. The van der Waals surface area contributed by atoms with Crippen molar-refractivity contribution in [1.82, 2.24) is 0 Å². The lowest BCUT2D eigenvalue weighted by molar-refractivity contribution is -0.394. The molecule has 19 heteroatoms. The van der Waals surface area contributed by atoms with E-state index in [1.54, 1.807) is 22.7 Å². The number of hydrogen-bond donors (Lipinski definition) is 2. The van der Waals surface area contributed by atoms with Crippen LogP contribution in [0.2, 0.25) is 0 Å². The Morgan fingerprint density at radius 1 is 0.571 bits per heavy atom. The van der Waals surface area contributed by atoms with E-state index < -0.39 is 65.8 Å². The molecule has 5 heterocycles. The average molecular weight is 1070 g/mol. The fourth-order valence-electron chi connectivity index (χ4n) is 9.02. The molecular weight excluding hydrogens is 1020 g/mol. The molecule has 0 radical (unpaired) electrons. The number of nitro groups is 3. The van der Waals surface area contributed by atoms with Crippen molar-refractivity contribution >= 4 is 111 Å². The van der Waals surface area contributed by atoms with Crippen LogP contribution in [-0.4, -0.2) is 33.1 Å². The summed E-state index contributed by atoms with van der Waals surface area (Å²) in [6, 6.07) is 16.8. The lowest BCUT2D eigenvalue weighted by atomic mass is 9.98. The molecule has 5 aromatic heterocycles. The molecule has 0 atom stereocenters. The monoisotopic (exact) mass is 1070 g/mol. The van der Waals surface area contributed by atoms with Gasteiger partial charge in [0.1, 0.15) is 0 Å². The van der Waals surface area contributed by atoms with Gasteiger partial charge in [-0.1, -0.05) is 52.4 Å². The van der Waals surface area contributed by atoms with E-state index in [0.29, 0.717) is 25.3 Å². The SMILES string of the molecule is CCCCCCc1cc(-c2sc(-c3cc(CCCCCC)c(-c4ccc(S)s4)s3)c(CCCCOC(=O)c3ccc([N+](=O)[O-])c4c3C(=O)c3cc([N+](=O)[O-])cc([N+](=O)[O-])c3-4)c2C)sc1-c1ccc(S)s1. The standard InChI is InChI=1S/C51H49N3O9S7/c1-4-6-8-10-14-29-24-39(68-48(29)37-19-21-41(64)66-37)47-28(3)32(50(70-47)40-25-30(15-11-9-7-5-2)49(69-40)38-20-22-42(65)67-38)16-12-13-23-63-51(56)33-17-18-35(53(59)60)45-43-34(46(55)44(33)45)26-31(52(57)58)27-36(43)54(61)62/h17-22,24-27,64-65H,4-16,23H2,1-3H3. The lowest BCUT2D eigenvalue weighted by Crippen LogP contribution is -2.12. The molecule has 0 bridgehead atoms. The summed E-state index contributed by atoms with van der Waals surface area (Å²) >= 11 is 18.2. The number of ketones is 1. The molecule has 0 spiro atoms. The predicted octanol–water partition coefficient (Wildman–Crippen LogP) is 16.9. The van der Waals surface area contributed by atoms with Gasteiger partial charge in [0.05, 0.1) is 58.1 Å². The average Bonchev–Trinajstić information content (AvgIpc) is 4.21. The van der Waals surface area contributed by atoms with Crippen LogP contribution in [0.15, 0.2) is 69.1 Å². The summed E-state index contributed by atoms with van der Waals surface area (Å²) < 4.78 is 7.67. The highest BCUT2D eigenvalue weighted by atomic mass is 32.2. The van der Waals surface area contributed by atoms with Crippen molar-refractivity contribution in [2.45, 2.75) is 113 Å². The number of aryl methyl sites for hydroxylation is 2. The van der Waals surface area contributed by atoms with Crippen LogP contribution in [0.3, 0.4) is 0 Å². The summed E-state index contributed by atoms with van der Waals surface area (Å²) in [4.78, 5) is 70.8. The number of esters is 1. The second-order valence-electron chi connectivity index (χ2n) is 17.2. The maximum absolute atomic E-state index is 13.8. The Balaban J connectivity index is 1.09. The van der Waals surface area contributed by atoms with Crippen molar-refractivity contribution in [2.75, 3.05) is 6.61 Å². The molecule has 70 heavy (non-hydrogen) atoms. The molecule has 12 nitrogen and oxygen atoms in total. The third-order valence-electron chi connectivity index (χ3n) is 12.5. The van der Waals surface area contributed by atoms with Crippen LogP contribution in [0.5, 0.6) is 0 Å². The Bertz CT molecular complexity index is 3160. The highest BCUT2D eigenvalue weighted by molar-refractivity contribution is 7.83. The number of unbranched alkanes of at least 4 members (excludes halogenated alkanes) is 7. The first-order valence-corrected chi connectivity index (χ1v) is 28.1. The van der Waals surface area contributed by atoms with Gasteiger partial charge in [-0.25, -0.2) is 4.79 Å². The van der Waals surface area contributed by atoms with E-state index in [1.807, 2.05) is 34.0 Å². The van der Waals surface area contributed by atoms with Crippen LogP contribution < -0.4 is 0 Å². The van der Waals surface area contributed by atoms with Gasteiger partial charge < -0.3 is 4.74 Å². The smallest absolute Gasteiger partial charge is 0.338 e. The van der Waals surface area contributed by atoms with E-state index in [0.717, 1.165) is 58.7 Å². The number of thiol groups is 2. The molecule has 364 valence electrons. The van der Waals surface area contributed by atoms with E-state index in [2.05, 4.69) is 82.4 Å². The van der Waals surface area contributed by atoms with E-state index >= 15 is 0 Å². The molecule has 7 aromatic rings. The third kappa shape index (κ3) is 10.8. The number of ether oxygens (including phenoxy) is 1. The number of carbonyl (C=O) groups excluding carboxylic acids is 2.